The van der Waals surface area contributed by atoms with Crippen molar-refractivity contribution in [3.63, 3.8) is 0 Å². The SMILES string of the molecule is Cc1ccc(O)c(NC(=O)c2cccc(Oc3cccc(C(=O)Nc4cc(C)ccc4O)c3)c2)c1. The average molecular weight is 469 g/mol. The highest BCUT2D eigenvalue weighted by atomic mass is 16.5. The molecule has 0 saturated carbocycles. The molecule has 7 nitrogen and oxygen atoms in total. The highest BCUT2D eigenvalue weighted by Gasteiger charge is 2.13. The van der Waals surface area contributed by atoms with Gasteiger partial charge in [-0.3, -0.25) is 9.59 Å². The first-order valence-corrected chi connectivity index (χ1v) is 10.9. The number of anilines is 2. The van der Waals surface area contributed by atoms with Crippen LogP contribution in [0.3, 0.4) is 0 Å². The van der Waals surface area contributed by atoms with Crippen LogP contribution in [0.15, 0.2) is 84.9 Å². The number of hydrogen-bond donors (Lipinski definition) is 4. The Balaban J connectivity index is 1.48. The lowest BCUT2D eigenvalue weighted by Gasteiger charge is -2.11. The summed E-state index contributed by atoms with van der Waals surface area (Å²) in [5.41, 5.74) is 3.12. The topological polar surface area (TPSA) is 108 Å². The maximum Gasteiger partial charge on any atom is 0.255 e. The molecular formula is C28H24N2O5. The molecule has 176 valence electrons. The Morgan fingerprint density at radius 2 is 1.06 bits per heavy atom. The molecule has 0 spiro atoms. The van der Waals surface area contributed by atoms with Crippen LogP contribution in [-0.4, -0.2) is 22.0 Å². The highest BCUT2D eigenvalue weighted by Crippen LogP contribution is 2.28. The Kier molecular flexibility index (Phi) is 6.69. The van der Waals surface area contributed by atoms with E-state index in [1.165, 1.54) is 12.1 Å². The third-order valence-corrected chi connectivity index (χ3v) is 5.23. The molecule has 4 aromatic carbocycles. The van der Waals surface area contributed by atoms with Gasteiger partial charge in [0.15, 0.2) is 0 Å². The van der Waals surface area contributed by atoms with Crippen molar-refractivity contribution in [3.8, 4) is 23.0 Å². The standard InChI is InChI=1S/C28H24N2O5/c1-17-9-11-25(31)23(13-17)29-27(33)19-5-3-7-21(15-19)35-22-8-4-6-20(16-22)28(34)30-24-14-18(2)10-12-26(24)32/h3-16,31-32H,1-2H3,(H,29,33)(H,30,34). The summed E-state index contributed by atoms with van der Waals surface area (Å²) < 4.78 is 5.89. The van der Waals surface area contributed by atoms with Crippen molar-refractivity contribution in [1.82, 2.24) is 0 Å². The molecule has 0 radical (unpaired) electrons. The number of carbonyl (C=O) groups excluding carboxylic acids is 2. The fraction of sp³-hybridized carbons (Fsp3) is 0.0714. The van der Waals surface area contributed by atoms with E-state index in [4.69, 9.17) is 4.74 Å². The Morgan fingerprint density at radius 1 is 0.629 bits per heavy atom. The van der Waals surface area contributed by atoms with Gasteiger partial charge >= 0.3 is 0 Å². The van der Waals surface area contributed by atoms with Gasteiger partial charge in [-0.2, -0.15) is 0 Å². The minimum atomic E-state index is -0.401. The number of ether oxygens (including phenoxy) is 1. The first-order chi connectivity index (χ1) is 16.8. The molecule has 0 aliphatic rings. The van der Waals surface area contributed by atoms with Crippen LogP contribution in [0.25, 0.3) is 0 Å². The van der Waals surface area contributed by atoms with E-state index in [-0.39, 0.29) is 11.5 Å². The molecule has 0 aromatic heterocycles. The Bertz CT molecular complexity index is 1310. The van der Waals surface area contributed by atoms with Gasteiger partial charge < -0.3 is 25.6 Å². The molecule has 4 N–H and O–H groups in total. The third-order valence-electron chi connectivity index (χ3n) is 5.23. The minimum absolute atomic E-state index is 0.0228. The molecule has 7 heteroatoms. The minimum Gasteiger partial charge on any atom is -0.506 e. The van der Waals surface area contributed by atoms with Crippen LogP contribution in [0.5, 0.6) is 23.0 Å². The van der Waals surface area contributed by atoms with E-state index < -0.39 is 11.8 Å². The maximum atomic E-state index is 12.7. The number of phenols is 2. The van der Waals surface area contributed by atoms with E-state index in [2.05, 4.69) is 10.6 Å². The molecule has 0 aliphatic heterocycles. The van der Waals surface area contributed by atoms with Gasteiger partial charge in [-0.25, -0.2) is 0 Å². The fourth-order valence-electron chi connectivity index (χ4n) is 3.43. The van der Waals surface area contributed by atoms with Crippen molar-refractivity contribution < 1.29 is 24.5 Å². The average Bonchev–Trinajstić information content (AvgIpc) is 2.84. The summed E-state index contributed by atoms with van der Waals surface area (Å²) in [7, 11) is 0. The van der Waals surface area contributed by atoms with Gasteiger partial charge in [0.1, 0.15) is 23.0 Å². The predicted molar refractivity (Wildman–Crippen MR) is 135 cm³/mol. The number of hydrogen-bond acceptors (Lipinski definition) is 5. The number of phenolic OH excluding ortho intramolecular Hbond substituents is 2. The van der Waals surface area contributed by atoms with Gasteiger partial charge in [0, 0.05) is 11.1 Å². The van der Waals surface area contributed by atoms with E-state index in [1.54, 1.807) is 72.8 Å². The van der Waals surface area contributed by atoms with Crippen molar-refractivity contribution in [2.75, 3.05) is 10.6 Å². The molecular weight excluding hydrogens is 444 g/mol. The highest BCUT2D eigenvalue weighted by molar-refractivity contribution is 6.06. The van der Waals surface area contributed by atoms with Crippen molar-refractivity contribution in [1.29, 1.82) is 0 Å². The second kappa shape index (κ2) is 10.0. The van der Waals surface area contributed by atoms with Crippen LogP contribution in [0.1, 0.15) is 31.8 Å². The van der Waals surface area contributed by atoms with Crippen LogP contribution >= 0.6 is 0 Å². The van der Waals surface area contributed by atoms with Crippen molar-refractivity contribution >= 4 is 23.2 Å². The van der Waals surface area contributed by atoms with E-state index in [9.17, 15) is 19.8 Å². The lowest BCUT2D eigenvalue weighted by Crippen LogP contribution is -2.12. The second-order valence-corrected chi connectivity index (χ2v) is 8.11. The molecule has 4 aromatic rings. The third kappa shape index (κ3) is 5.78. The molecule has 0 bridgehead atoms. The van der Waals surface area contributed by atoms with E-state index >= 15 is 0 Å². The van der Waals surface area contributed by atoms with Crippen LogP contribution in [0.4, 0.5) is 11.4 Å². The molecule has 0 atom stereocenters. The number of rotatable bonds is 6. The van der Waals surface area contributed by atoms with Gasteiger partial charge in [-0.15, -0.1) is 0 Å². The van der Waals surface area contributed by atoms with E-state index in [0.717, 1.165) is 11.1 Å². The van der Waals surface area contributed by atoms with Gasteiger partial charge in [0.25, 0.3) is 11.8 Å². The van der Waals surface area contributed by atoms with Gasteiger partial charge in [-0.05, 0) is 85.6 Å². The summed E-state index contributed by atoms with van der Waals surface area (Å²) in [4.78, 5) is 25.4. The fourth-order valence-corrected chi connectivity index (χ4v) is 3.43. The lowest BCUT2D eigenvalue weighted by atomic mass is 10.1. The Morgan fingerprint density at radius 3 is 1.49 bits per heavy atom. The summed E-state index contributed by atoms with van der Waals surface area (Å²) in [5.74, 6) is -0.0410. The zero-order chi connectivity index (χ0) is 24.9. The maximum absolute atomic E-state index is 12.7. The zero-order valence-electron chi connectivity index (χ0n) is 19.2. The zero-order valence-corrected chi connectivity index (χ0v) is 19.2. The number of aryl methyl sites for hydroxylation is 2. The Labute approximate surface area is 202 Å². The molecule has 4 rings (SSSR count). The molecule has 2 amide bonds. The predicted octanol–water partition coefficient (Wildman–Crippen LogP) is 6.01. The Hall–Kier alpha value is -4.78. The van der Waals surface area contributed by atoms with Crippen molar-refractivity contribution in [2.24, 2.45) is 0 Å². The number of amides is 2. The van der Waals surface area contributed by atoms with Crippen LogP contribution < -0.4 is 15.4 Å². The summed E-state index contributed by atoms with van der Waals surface area (Å²) >= 11 is 0. The first-order valence-electron chi connectivity index (χ1n) is 10.9. The number of carbonyl (C=O) groups is 2. The summed E-state index contributed by atoms with van der Waals surface area (Å²) in [6, 6.07) is 23.0. The van der Waals surface area contributed by atoms with E-state index in [1.807, 2.05) is 13.8 Å². The summed E-state index contributed by atoms with van der Waals surface area (Å²) in [5, 5.41) is 25.4. The van der Waals surface area contributed by atoms with Crippen molar-refractivity contribution in [3.05, 3.63) is 107 Å². The lowest BCUT2D eigenvalue weighted by molar-refractivity contribution is 0.101. The van der Waals surface area contributed by atoms with Crippen LogP contribution in [-0.2, 0) is 0 Å². The van der Waals surface area contributed by atoms with Gasteiger partial charge in [-0.1, -0.05) is 24.3 Å². The molecule has 0 heterocycles. The quantitative estimate of drug-likeness (QED) is 0.259. The second-order valence-electron chi connectivity index (χ2n) is 8.11. The molecule has 35 heavy (non-hydrogen) atoms. The van der Waals surface area contributed by atoms with Gasteiger partial charge in [0.2, 0.25) is 0 Å². The van der Waals surface area contributed by atoms with Crippen molar-refractivity contribution in [2.45, 2.75) is 13.8 Å². The molecule has 0 saturated heterocycles. The number of nitrogens with one attached hydrogen (secondary N) is 2. The first kappa shape index (κ1) is 23.4. The van der Waals surface area contributed by atoms with Crippen LogP contribution in [0.2, 0.25) is 0 Å². The largest absolute Gasteiger partial charge is 0.506 e. The number of aromatic hydroxyl groups is 2. The molecule has 0 aliphatic carbocycles. The summed E-state index contributed by atoms with van der Waals surface area (Å²) in [6.07, 6.45) is 0. The monoisotopic (exact) mass is 468 g/mol. The van der Waals surface area contributed by atoms with Gasteiger partial charge in [0.05, 0.1) is 11.4 Å². The smallest absolute Gasteiger partial charge is 0.255 e. The molecule has 0 fully saturated rings. The normalized spacial score (nSPS) is 10.5. The summed E-state index contributed by atoms with van der Waals surface area (Å²) in [6.45, 7) is 3.73. The van der Waals surface area contributed by atoms with E-state index in [0.29, 0.717) is 34.0 Å². The number of benzene rings is 4. The molecule has 0 unspecified atom stereocenters. The van der Waals surface area contributed by atoms with Crippen LogP contribution in [0, 0.1) is 13.8 Å².